The maximum absolute atomic E-state index is 13.1. The second-order valence-corrected chi connectivity index (χ2v) is 4.70. The third-order valence-corrected chi connectivity index (χ3v) is 2.95. The minimum Gasteiger partial charge on any atom is -0.314 e. The van der Waals surface area contributed by atoms with Crippen LogP contribution in [0.25, 0.3) is 0 Å². The van der Waals surface area contributed by atoms with Crippen LogP contribution in [-0.4, -0.2) is 44.0 Å². The highest BCUT2D eigenvalue weighted by molar-refractivity contribution is 4.92. The van der Waals surface area contributed by atoms with Crippen molar-refractivity contribution in [3.8, 4) is 0 Å². The van der Waals surface area contributed by atoms with Crippen molar-refractivity contribution in [3.05, 3.63) is 0 Å². The molecule has 0 amide bonds. The Balaban J connectivity index is 2.28. The topological polar surface area (TPSA) is 15.3 Å². The van der Waals surface area contributed by atoms with E-state index in [2.05, 4.69) is 19.2 Å². The highest BCUT2D eigenvalue weighted by atomic mass is 19.3. The van der Waals surface area contributed by atoms with Gasteiger partial charge in [-0.3, -0.25) is 4.90 Å². The first-order chi connectivity index (χ1) is 6.41. The van der Waals surface area contributed by atoms with E-state index in [1.54, 1.807) is 7.05 Å². The second kappa shape index (κ2) is 4.11. The molecule has 1 heterocycles. The SMILES string of the molecule is CCC1(C)CN(CC(F)(F)CNC)C1. The molecule has 1 N–H and O–H groups in total. The largest absolute Gasteiger partial charge is 0.314 e. The summed E-state index contributed by atoms with van der Waals surface area (Å²) in [5.74, 6) is -2.59. The summed E-state index contributed by atoms with van der Waals surface area (Å²) < 4.78 is 26.3. The minimum absolute atomic E-state index is 0.108. The van der Waals surface area contributed by atoms with Crippen molar-refractivity contribution in [3.63, 3.8) is 0 Å². The molecule has 2 nitrogen and oxygen atoms in total. The Labute approximate surface area is 84.7 Å². The molecule has 0 aromatic carbocycles. The van der Waals surface area contributed by atoms with Crippen LogP contribution in [-0.2, 0) is 0 Å². The van der Waals surface area contributed by atoms with Crippen LogP contribution in [0.1, 0.15) is 20.3 Å². The minimum atomic E-state index is -2.59. The number of nitrogens with one attached hydrogen (secondary N) is 1. The third-order valence-electron chi connectivity index (χ3n) is 2.95. The van der Waals surface area contributed by atoms with Gasteiger partial charge in [-0.15, -0.1) is 0 Å². The molecule has 1 aliphatic heterocycles. The van der Waals surface area contributed by atoms with Gasteiger partial charge in [-0.2, -0.15) is 0 Å². The zero-order chi connectivity index (χ0) is 10.8. The summed E-state index contributed by atoms with van der Waals surface area (Å²) in [6, 6.07) is 0. The van der Waals surface area contributed by atoms with Gasteiger partial charge in [0.15, 0.2) is 0 Å². The first kappa shape index (κ1) is 11.9. The van der Waals surface area contributed by atoms with E-state index in [0.29, 0.717) is 0 Å². The van der Waals surface area contributed by atoms with Crippen LogP contribution in [0.2, 0.25) is 0 Å². The van der Waals surface area contributed by atoms with Crippen LogP contribution < -0.4 is 5.32 Å². The molecule has 0 unspecified atom stereocenters. The van der Waals surface area contributed by atoms with Crippen LogP contribution in [0.15, 0.2) is 0 Å². The van der Waals surface area contributed by atoms with Gasteiger partial charge in [-0.05, 0) is 18.9 Å². The van der Waals surface area contributed by atoms with Crippen LogP contribution in [0.5, 0.6) is 0 Å². The van der Waals surface area contributed by atoms with Crippen LogP contribution in [0, 0.1) is 5.41 Å². The van der Waals surface area contributed by atoms with Crippen molar-refractivity contribution in [1.29, 1.82) is 0 Å². The van der Waals surface area contributed by atoms with Gasteiger partial charge in [-0.1, -0.05) is 13.8 Å². The summed E-state index contributed by atoms with van der Waals surface area (Å²) in [5, 5.41) is 2.52. The fraction of sp³-hybridized carbons (Fsp3) is 1.00. The molecule has 0 atom stereocenters. The fourth-order valence-electron chi connectivity index (χ4n) is 2.01. The third kappa shape index (κ3) is 2.89. The molecule has 1 aliphatic rings. The normalized spacial score (nSPS) is 22.1. The molecule has 4 heteroatoms. The van der Waals surface area contributed by atoms with Gasteiger partial charge in [-0.25, -0.2) is 8.78 Å². The number of alkyl halides is 2. The highest BCUT2D eigenvalue weighted by Crippen LogP contribution is 2.34. The Bertz CT molecular complexity index is 189. The summed E-state index contributed by atoms with van der Waals surface area (Å²) in [5.41, 5.74) is 0.274. The lowest BCUT2D eigenvalue weighted by Crippen LogP contribution is -2.58. The summed E-state index contributed by atoms with van der Waals surface area (Å²) in [6.45, 7) is 5.55. The smallest absolute Gasteiger partial charge is 0.272 e. The summed E-state index contributed by atoms with van der Waals surface area (Å²) >= 11 is 0. The first-order valence-corrected chi connectivity index (χ1v) is 5.16. The number of rotatable bonds is 5. The van der Waals surface area contributed by atoms with E-state index in [0.717, 1.165) is 19.5 Å². The van der Waals surface area contributed by atoms with Gasteiger partial charge in [0, 0.05) is 13.1 Å². The quantitative estimate of drug-likeness (QED) is 0.734. The zero-order valence-corrected chi connectivity index (χ0v) is 9.24. The van der Waals surface area contributed by atoms with Gasteiger partial charge in [0.05, 0.1) is 13.1 Å². The van der Waals surface area contributed by atoms with E-state index >= 15 is 0 Å². The number of hydrogen-bond donors (Lipinski definition) is 1. The molecule has 0 bridgehead atoms. The van der Waals surface area contributed by atoms with E-state index < -0.39 is 5.92 Å². The van der Waals surface area contributed by atoms with Crippen molar-refractivity contribution < 1.29 is 8.78 Å². The van der Waals surface area contributed by atoms with Gasteiger partial charge in [0.25, 0.3) is 5.92 Å². The molecule has 84 valence electrons. The summed E-state index contributed by atoms with van der Waals surface area (Å²) in [4.78, 5) is 1.83. The number of likely N-dealkylation sites (tertiary alicyclic amines) is 1. The monoisotopic (exact) mass is 206 g/mol. The van der Waals surface area contributed by atoms with Crippen molar-refractivity contribution in [2.24, 2.45) is 5.41 Å². The van der Waals surface area contributed by atoms with E-state index in [1.165, 1.54) is 0 Å². The molecular weight excluding hydrogens is 186 g/mol. The summed E-state index contributed by atoms with van der Waals surface area (Å²) in [7, 11) is 1.56. The molecule has 0 spiro atoms. The van der Waals surface area contributed by atoms with Gasteiger partial charge < -0.3 is 5.32 Å². The average Bonchev–Trinajstić information content (AvgIpc) is 2.00. The Morgan fingerprint density at radius 2 is 2.00 bits per heavy atom. The Kier molecular flexibility index (Phi) is 3.48. The van der Waals surface area contributed by atoms with E-state index in [9.17, 15) is 8.78 Å². The molecule has 0 aromatic heterocycles. The first-order valence-electron chi connectivity index (χ1n) is 5.16. The zero-order valence-electron chi connectivity index (χ0n) is 9.24. The highest BCUT2D eigenvalue weighted by Gasteiger charge is 2.41. The predicted octanol–water partition coefficient (Wildman–Crippen LogP) is 1.57. The lowest BCUT2D eigenvalue weighted by atomic mass is 9.79. The number of nitrogens with zero attached hydrogens (tertiary/aromatic N) is 1. The maximum Gasteiger partial charge on any atom is 0.272 e. The Hall–Kier alpha value is -0.220. The molecule has 0 aromatic rings. The number of hydrogen-bond acceptors (Lipinski definition) is 2. The lowest BCUT2D eigenvalue weighted by molar-refractivity contribution is -0.0821. The summed E-state index contributed by atoms with van der Waals surface area (Å²) in [6.07, 6.45) is 1.07. The van der Waals surface area contributed by atoms with Gasteiger partial charge in [0.1, 0.15) is 0 Å². The standard InChI is InChI=1S/C10H20F2N2/c1-4-9(2)6-14(7-9)8-10(11,12)5-13-3/h13H,4-8H2,1-3H3. The molecule has 0 radical (unpaired) electrons. The van der Waals surface area contributed by atoms with Gasteiger partial charge in [0.2, 0.25) is 0 Å². The molecule has 1 rings (SSSR count). The number of halogens is 2. The van der Waals surface area contributed by atoms with Crippen LogP contribution in [0.4, 0.5) is 8.78 Å². The molecule has 0 aliphatic carbocycles. The van der Waals surface area contributed by atoms with E-state index in [1.807, 2.05) is 4.90 Å². The maximum atomic E-state index is 13.1. The molecule has 0 saturated carbocycles. The van der Waals surface area contributed by atoms with Crippen molar-refractivity contribution in [1.82, 2.24) is 10.2 Å². The molecule has 14 heavy (non-hydrogen) atoms. The Morgan fingerprint density at radius 1 is 1.43 bits per heavy atom. The lowest BCUT2D eigenvalue weighted by Gasteiger charge is -2.48. The average molecular weight is 206 g/mol. The second-order valence-electron chi connectivity index (χ2n) is 4.70. The predicted molar refractivity (Wildman–Crippen MR) is 53.7 cm³/mol. The molecular formula is C10H20F2N2. The van der Waals surface area contributed by atoms with Crippen LogP contribution >= 0.6 is 0 Å². The Morgan fingerprint density at radius 3 is 2.43 bits per heavy atom. The van der Waals surface area contributed by atoms with Crippen molar-refractivity contribution in [2.45, 2.75) is 26.2 Å². The van der Waals surface area contributed by atoms with E-state index in [4.69, 9.17) is 0 Å². The molecule has 1 fully saturated rings. The molecule has 1 saturated heterocycles. The van der Waals surface area contributed by atoms with Gasteiger partial charge >= 0.3 is 0 Å². The van der Waals surface area contributed by atoms with Crippen molar-refractivity contribution >= 4 is 0 Å². The van der Waals surface area contributed by atoms with Crippen molar-refractivity contribution in [2.75, 3.05) is 33.2 Å². The van der Waals surface area contributed by atoms with Crippen LogP contribution in [0.3, 0.4) is 0 Å². The fourth-order valence-corrected chi connectivity index (χ4v) is 2.01. The van der Waals surface area contributed by atoms with E-state index in [-0.39, 0.29) is 18.5 Å².